The van der Waals surface area contributed by atoms with Crippen molar-refractivity contribution in [2.75, 3.05) is 30.7 Å². The summed E-state index contributed by atoms with van der Waals surface area (Å²) >= 11 is 0. The summed E-state index contributed by atoms with van der Waals surface area (Å²) in [5, 5.41) is 2.90. The molecule has 0 aromatic heterocycles. The van der Waals surface area contributed by atoms with Gasteiger partial charge in [-0.3, -0.25) is 9.69 Å². The van der Waals surface area contributed by atoms with E-state index in [1.165, 1.54) is 12.8 Å². The molecule has 0 aliphatic carbocycles. The van der Waals surface area contributed by atoms with Crippen LogP contribution >= 0.6 is 0 Å². The lowest BCUT2D eigenvalue weighted by Gasteiger charge is -2.33. The lowest BCUT2D eigenvalue weighted by molar-refractivity contribution is -0.117. The Morgan fingerprint density at radius 1 is 1.40 bits per heavy atom. The second-order valence-electron chi connectivity index (χ2n) is 6.03. The van der Waals surface area contributed by atoms with E-state index >= 15 is 0 Å². The molecule has 1 fully saturated rings. The maximum absolute atomic E-state index is 12.0. The Labute approximate surface area is 121 Å². The number of hydrogen-bond acceptors (Lipinski definition) is 3. The minimum absolute atomic E-state index is 0.0404. The minimum Gasteiger partial charge on any atom is -0.399 e. The van der Waals surface area contributed by atoms with Crippen LogP contribution in [0.2, 0.25) is 0 Å². The van der Waals surface area contributed by atoms with Crippen LogP contribution in [0.4, 0.5) is 11.4 Å². The van der Waals surface area contributed by atoms with E-state index in [0.29, 0.717) is 12.2 Å². The molecule has 20 heavy (non-hydrogen) atoms. The molecule has 1 saturated heterocycles. The Balaban J connectivity index is 1.78. The molecule has 2 rings (SSSR count). The summed E-state index contributed by atoms with van der Waals surface area (Å²) in [6.07, 6.45) is 2.40. The molecule has 0 radical (unpaired) electrons. The lowest BCUT2D eigenvalue weighted by atomic mass is 9.87. The summed E-state index contributed by atoms with van der Waals surface area (Å²) in [6, 6.07) is 7.30. The van der Waals surface area contributed by atoms with Gasteiger partial charge in [0.15, 0.2) is 0 Å². The number of nitrogens with one attached hydrogen (secondary N) is 1. The smallest absolute Gasteiger partial charge is 0.238 e. The first-order valence-electron chi connectivity index (χ1n) is 7.42. The van der Waals surface area contributed by atoms with Crippen molar-refractivity contribution in [2.45, 2.75) is 26.7 Å². The molecular formula is C16H25N3O. The zero-order valence-corrected chi connectivity index (χ0v) is 12.4. The van der Waals surface area contributed by atoms with E-state index in [1.54, 1.807) is 6.07 Å². The predicted octanol–water partition coefficient (Wildman–Crippen LogP) is 2.58. The zero-order valence-electron chi connectivity index (χ0n) is 12.4. The van der Waals surface area contributed by atoms with Gasteiger partial charge in [0.05, 0.1) is 6.54 Å². The van der Waals surface area contributed by atoms with Crippen LogP contribution in [0.5, 0.6) is 0 Å². The second kappa shape index (κ2) is 6.75. The van der Waals surface area contributed by atoms with E-state index in [9.17, 15) is 4.79 Å². The van der Waals surface area contributed by atoms with Crippen LogP contribution in [0, 0.1) is 11.8 Å². The minimum atomic E-state index is 0.0404. The van der Waals surface area contributed by atoms with Crippen molar-refractivity contribution < 1.29 is 4.79 Å². The van der Waals surface area contributed by atoms with Crippen molar-refractivity contribution in [3.05, 3.63) is 24.3 Å². The average molecular weight is 275 g/mol. The number of nitrogens with zero attached hydrogens (tertiary/aromatic N) is 1. The number of nitrogens with two attached hydrogens (primary N) is 1. The Hall–Kier alpha value is -1.55. The first kappa shape index (κ1) is 14.9. The molecule has 3 N–H and O–H groups in total. The largest absolute Gasteiger partial charge is 0.399 e. The molecule has 1 heterocycles. The summed E-state index contributed by atoms with van der Waals surface area (Å²) < 4.78 is 0. The van der Waals surface area contributed by atoms with E-state index < -0.39 is 0 Å². The number of nitrogen functional groups attached to an aromatic ring is 1. The fourth-order valence-electron chi connectivity index (χ4n) is 2.80. The predicted molar refractivity (Wildman–Crippen MR) is 83.5 cm³/mol. The van der Waals surface area contributed by atoms with Crippen LogP contribution < -0.4 is 11.1 Å². The van der Waals surface area contributed by atoms with Crippen molar-refractivity contribution in [3.8, 4) is 0 Å². The van der Waals surface area contributed by atoms with Gasteiger partial charge in [0, 0.05) is 11.4 Å². The van der Waals surface area contributed by atoms with Gasteiger partial charge < -0.3 is 11.1 Å². The molecule has 1 aromatic carbocycles. The maximum atomic E-state index is 12.0. The van der Waals surface area contributed by atoms with Crippen molar-refractivity contribution in [3.63, 3.8) is 0 Å². The highest BCUT2D eigenvalue weighted by Crippen LogP contribution is 2.24. The Morgan fingerprint density at radius 2 is 2.10 bits per heavy atom. The third-order valence-corrected chi connectivity index (χ3v) is 4.11. The molecule has 110 valence electrons. The lowest BCUT2D eigenvalue weighted by Crippen LogP contribution is -2.40. The summed E-state index contributed by atoms with van der Waals surface area (Å²) in [5.41, 5.74) is 7.14. The van der Waals surface area contributed by atoms with Gasteiger partial charge in [-0.15, -0.1) is 0 Å². The SMILES string of the molecule is CC(C)C1CCN(CC(=O)Nc2cccc(N)c2)CC1. The summed E-state index contributed by atoms with van der Waals surface area (Å²) in [4.78, 5) is 14.3. The van der Waals surface area contributed by atoms with Gasteiger partial charge >= 0.3 is 0 Å². The van der Waals surface area contributed by atoms with Gasteiger partial charge in [0.2, 0.25) is 5.91 Å². The number of amides is 1. The van der Waals surface area contributed by atoms with Gasteiger partial charge in [-0.25, -0.2) is 0 Å². The number of hydrogen-bond donors (Lipinski definition) is 2. The van der Waals surface area contributed by atoms with Gasteiger partial charge in [-0.05, 0) is 56.0 Å². The Bertz CT molecular complexity index is 451. The van der Waals surface area contributed by atoms with Gasteiger partial charge in [0.1, 0.15) is 0 Å². The topological polar surface area (TPSA) is 58.4 Å². The van der Waals surface area contributed by atoms with Crippen molar-refractivity contribution in [2.24, 2.45) is 11.8 Å². The third kappa shape index (κ3) is 4.23. The molecule has 1 aromatic rings. The fourth-order valence-corrected chi connectivity index (χ4v) is 2.80. The molecule has 1 aliphatic heterocycles. The summed E-state index contributed by atoms with van der Waals surface area (Å²) in [6.45, 7) is 7.08. The number of carbonyl (C=O) groups excluding carboxylic acids is 1. The Morgan fingerprint density at radius 3 is 2.70 bits per heavy atom. The van der Waals surface area contributed by atoms with Crippen LogP contribution in [0.1, 0.15) is 26.7 Å². The number of likely N-dealkylation sites (tertiary alicyclic amines) is 1. The van der Waals surface area contributed by atoms with Crippen LogP contribution in [0.25, 0.3) is 0 Å². The van der Waals surface area contributed by atoms with E-state index in [4.69, 9.17) is 5.73 Å². The third-order valence-electron chi connectivity index (χ3n) is 4.11. The molecule has 1 amide bonds. The molecular weight excluding hydrogens is 250 g/mol. The van der Waals surface area contributed by atoms with Crippen molar-refractivity contribution in [1.29, 1.82) is 0 Å². The average Bonchev–Trinajstić information content (AvgIpc) is 2.39. The van der Waals surface area contributed by atoms with Gasteiger partial charge in [0.25, 0.3) is 0 Å². The Kier molecular flexibility index (Phi) is 5.01. The van der Waals surface area contributed by atoms with Crippen LogP contribution in [-0.2, 0) is 4.79 Å². The second-order valence-corrected chi connectivity index (χ2v) is 6.03. The number of carbonyl (C=O) groups is 1. The van der Waals surface area contributed by atoms with Gasteiger partial charge in [-0.1, -0.05) is 19.9 Å². The van der Waals surface area contributed by atoms with Crippen LogP contribution in [0.3, 0.4) is 0 Å². The van der Waals surface area contributed by atoms with E-state index in [-0.39, 0.29) is 5.91 Å². The van der Waals surface area contributed by atoms with Crippen molar-refractivity contribution in [1.82, 2.24) is 4.90 Å². The molecule has 0 bridgehead atoms. The number of benzene rings is 1. The highest BCUT2D eigenvalue weighted by molar-refractivity contribution is 5.92. The molecule has 0 atom stereocenters. The summed E-state index contributed by atoms with van der Waals surface area (Å²) in [5.74, 6) is 1.60. The van der Waals surface area contributed by atoms with Crippen molar-refractivity contribution >= 4 is 17.3 Å². The molecule has 0 saturated carbocycles. The first-order valence-corrected chi connectivity index (χ1v) is 7.42. The van der Waals surface area contributed by atoms with Crippen LogP contribution in [-0.4, -0.2) is 30.4 Å². The number of rotatable bonds is 4. The monoisotopic (exact) mass is 275 g/mol. The van der Waals surface area contributed by atoms with E-state index in [0.717, 1.165) is 30.6 Å². The standard InChI is InChI=1S/C16H25N3O/c1-12(2)13-6-8-19(9-7-13)11-16(20)18-15-5-3-4-14(17)10-15/h3-5,10,12-13H,6-9,11,17H2,1-2H3,(H,18,20). The normalized spacial score (nSPS) is 17.4. The fraction of sp³-hybridized carbons (Fsp3) is 0.562. The molecule has 0 spiro atoms. The van der Waals surface area contributed by atoms with Crippen LogP contribution in [0.15, 0.2) is 24.3 Å². The van der Waals surface area contributed by atoms with Gasteiger partial charge in [-0.2, -0.15) is 0 Å². The molecule has 1 aliphatic rings. The zero-order chi connectivity index (χ0) is 14.5. The maximum Gasteiger partial charge on any atom is 0.238 e. The highest BCUT2D eigenvalue weighted by atomic mass is 16.2. The highest BCUT2D eigenvalue weighted by Gasteiger charge is 2.22. The quantitative estimate of drug-likeness (QED) is 0.830. The van der Waals surface area contributed by atoms with E-state index in [2.05, 4.69) is 24.1 Å². The van der Waals surface area contributed by atoms with E-state index in [1.807, 2.05) is 18.2 Å². The number of anilines is 2. The summed E-state index contributed by atoms with van der Waals surface area (Å²) in [7, 11) is 0. The first-order chi connectivity index (χ1) is 9.54. The molecule has 4 nitrogen and oxygen atoms in total. The molecule has 4 heteroatoms. The number of piperidine rings is 1. The molecule has 0 unspecified atom stereocenters.